The Bertz CT molecular complexity index is 855. The molecule has 2 N–H and O–H groups in total. The topological polar surface area (TPSA) is 80.3 Å². The summed E-state index contributed by atoms with van der Waals surface area (Å²) in [7, 11) is -0.452. The van der Waals surface area contributed by atoms with Crippen LogP contribution in [0.2, 0.25) is 0 Å². The lowest BCUT2D eigenvalue weighted by molar-refractivity contribution is 0.00578. The predicted molar refractivity (Wildman–Crippen MR) is 121 cm³/mol. The lowest BCUT2D eigenvalue weighted by atomic mass is 9.70. The fraction of sp³-hybridized carbons (Fsp3) is 0.696. The molecule has 1 amide bonds. The number of anilines is 1. The highest BCUT2D eigenvalue weighted by Crippen LogP contribution is 2.47. The van der Waals surface area contributed by atoms with Gasteiger partial charge in [0.1, 0.15) is 11.8 Å². The van der Waals surface area contributed by atoms with Crippen LogP contribution in [0.4, 0.5) is 10.5 Å². The van der Waals surface area contributed by atoms with Gasteiger partial charge in [0, 0.05) is 24.2 Å². The lowest BCUT2D eigenvalue weighted by Crippen LogP contribution is -2.51. The fourth-order valence-electron chi connectivity index (χ4n) is 4.62. The zero-order valence-electron chi connectivity index (χ0n) is 19.7. The molecule has 0 saturated carbocycles. The summed E-state index contributed by atoms with van der Waals surface area (Å²) in [5, 5.41) is 14.2. The minimum atomic E-state index is -0.697. The van der Waals surface area contributed by atoms with Gasteiger partial charge in [-0.3, -0.25) is 0 Å². The predicted octanol–water partition coefficient (Wildman–Crippen LogP) is 3.00. The SMILES string of the molecule is CC(C)(C)OC(=O)N1CCC2(CC1)c1cc(B3OC(C)(C)C(C)(C)O3)ccc1NC2O. The van der Waals surface area contributed by atoms with Crippen molar-refractivity contribution in [2.45, 2.75) is 89.8 Å². The molecule has 2 fully saturated rings. The van der Waals surface area contributed by atoms with E-state index in [-0.39, 0.29) is 6.09 Å². The maximum atomic E-state index is 12.5. The van der Waals surface area contributed by atoms with Crippen LogP contribution in [-0.4, -0.2) is 59.3 Å². The number of nitrogens with zero attached hydrogens (tertiary/aromatic N) is 1. The molecule has 8 heteroatoms. The second-order valence-electron chi connectivity index (χ2n) is 11.1. The molecule has 0 bridgehead atoms. The standard InChI is InChI=1S/C23H35BN2O5/c1-20(2,3)29-19(28)26-12-10-23(11-13-26)16-14-15(8-9-17(16)25-18(23)27)24-30-21(4,5)22(6,7)31-24/h8-9,14,18,25,27H,10-13H2,1-7H3. The van der Waals surface area contributed by atoms with Gasteiger partial charge in [-0.15, -0.1) is 0 Å². The number of likely N-dealkylation sites (tertiary alicyclic amines) is 1. The zero-order valence-corrected chi connectivity index (χ0v) is 19.7. The molecule has 4 rings (SSSR count). The van der Waals surface area contributed by atoms with Crippen LogP contribution >= 0.6 is 0 Å². The summed E-state index contributed by atoms with van der Waals surface area (Å²) in [6.45, 7) is 14.8. The van der Waals surface area contributed by atoms with Crippen molar-refractivity contribution in [3.05, 3.63) is 23.8 Å². The van der Waals surface area contributed by atoms with Crippen LogP contribution < -0.4 is 10.8 Å². The number of carbonyl (C=O) groups excluding carboxylic acids is 1. The molecule has 3 heterocycles. The summed E-state index contributed by atoms with van der Waals surface area (Å²) in [4.78, 5) is 14.2. The number of ether oxygens (including phenoxy) is 1. The van der Waals surface area contributed by atoms with E-state index in [9.17, 15) is 9.90 Å². The number of piperidine rings is 1. The first-order chi connectivity index (χ1) is 14.2. The summed E-state index contributed by atoms with van der Waals surface area (Å²) in [6.07, 6.45) is 0.311. The van der Waals surface area contributed by atoms with E-state index < -0.39 is 35.6 Å². The zero-order chi connectivity index (χ0) is 22.8. The fourth-order valence-corrected chi connectivity index (χ4v) is 4.62. The Morgan fingerprint density at radius 1 is 1.16 bits per heavy atom. The molecule has 2 saturated heterocycles. The lowest BCUT2D eigenvalue weighted by Gasteiger charge is -2.41. The third-order valence-corrected chi connectivity index (χ3v) is 7.23. The van der Waals surface area contributed by atoms with E-state index in [0.29, 0.717) is 25.9 Å². The van der Waals surface area contributed by atoms with E-state index in [1.807, 2.05) is 60.6 Å². The molecule has 0 aliphatic carbocycles. The molecule has 3 aliphatic rings. The number of aliphatic hydroxyl groups excluding tert-OH is 1. The minimum Gasteiger partial charge on any atom is -0.444 e. The summed E-state index contributed by atoms with van der Waals surface area (Å²) in [5.41, 5.74) is 1.14. The number of amides is 1. The van der Waals surface area contributed by atoms with E-state index in [1.165, 1.54) is 0 Å². The van der Waals surface area contributed by atoms with Crippen molar-refractivity contribution in [1.29, 1.82) is 0 Å². The van der Waals surface area contributed by atoms with Crippen molar-refractivity contribution in [1.82, 2.24) is 4.90 Å². The van der Waals surface area contributed by atoms with Crippen molar-refractivity contribution in [2.75, 3.05) is 18.4 Å². The van der Waals surface area contributed by atoms with Gasteiger partial charge in [-0.25, -0.2) is 4.79 Å². The maximum absolute atomic E-state index is 12.5. The van der Waals surface area contributed by atoms with Crippen LogP contribution in [-0.2, 0) is 19.5 Å². The number of fused-ring (bicyclic) bond motifs is 2. The number of aliphatic hydroxyl groups is 1. The molecule has 0 radical (unpaired) electrons. The molecule has 0 aromatic heterocycles. The molecule has 31 heavy (non-hydrogen) atoms. The highest BCUT2D eigenvalue weighted by atomic mass is 16.7. The summed E-state index contributed by atoms with van der Waals surface area (Å²) in [6, 6.07) is 6.09. The maximum Gasteiger partial charge on any atom is 0.494 e. The van der Waals surface area contributed by atoms with Gasteiger partial charge in [-0.2, -0.15) is 0 Å². The quantitative estimate of drug-likeness (QED) is 0.667. The third kappa shape index (κ3) is 3.83. The molecule has 1 spiro atoms. The van der Waals surface area contributed by atoms with Crippen molar-refractivity contribution in [3.63, 3.8) is 0 Å². The summed E-state index contributed by atoms with van der Waals surface area (Å²) in [5.74, 6) is 0. The first-order valence-corrected chi connectivity index (χ1v) is 11.2. The number of carbonyl (C=O) groups is 1. The Kier molecular flexibility index (Phi) is 5.15. The van der Waals surface area contributed by atoms with E-state index in [4.69, 9.17) is 14.0 Å². The summed E-state index contributed by atoms with van der Waals surface area (Å²) >= 11 is 0. The average molecular weight is 430 g/mol. The molecule has 1 unspecified atom stereocenters. The highest BCUT2D eigenvalue weighted by Gasteiger charge is 2.53. The van der Waals surface area contributed by atoms with Crippen LogP contribution in [0.5, 0.6) is 0 Å². The van der Waals surface area contributed by atoms with Gasteiger partial charge in [-0.1, -0.05) is 12.1 Å². The van der Waals surface area contributed by atoms with Crippen LogP contribution in [0.15, 0.2) is 18.2 Å². The molecule has 1 aromatic carbocycles. The molecular weight excluding hydrogens is 395 g/mol. The number of nitrogens with one attached hydrogen (secondary N) is 1. The van der Waals surface area contributed by atoms with Crippen molar-refractivity contribution in [3.8, 4) is 0 Å². The second kappa shape index (κ2) is 7.12. The molecule has 1 aromatic rings. The van der Waals surface area contributed by atoms with Gasteiger partial charge in [0.2, 0.25) is 0 Å². The monoisotopic (exact) mass is 430 g/mol. The normalized spacial score (nSPS) is 26.0. The Morgan fingerprint density at radius 3 is 2.29 bits per heavy atom. The van der Waals surface area contributed by atoms with Crippen molar-refractivity contribution < 1.29 is 23.9 Å². The van der Waals surface area contributed by atoms with Crippen LogP contribution in [0.1, 0.15) is 66.9 Å². The first-order valence-electron chi connectivity index (χ1n) is 11.2. The Labute approximate surface area is 185 Å². The Hall–Kier alpha value is -1.77. The second-order valence-corrected chi connectivity index (χ2v) is 11.1. The van der Waals surface area contributed by atoms with Gasteiger partial charge in [0.15, 0.2) is 0 Å². The number of hydrogen-bond acceptors (Lipinski definition) is 6. The van der Waals surface area contributed by atoms with Gasteiger partial charge < -0.3 is 29.4 Å². The van der Waals surface area contributed by atoms with Crippen LogP contribution in [0.25, 0.3) is 0 Å². The minimum absolute atomic E-state index is 0.297. The van der Waals surface area contributed by atoms with Gasteiger partial charge in [-0.05, 0) is 78.4 Å². The number of hydrogen-bond donors (Lipinski definition) is 2. The van der Waals surface area contributed by atoms with Crippen molar-refractivity contribution in [2.24, 2.45) is 0 Å². The van der Waals surface area contributed by atoms with E-state index in [1.54, 1.807) is 4.90 Å². The Balaban J connectivity index is 1.55. The van der Waals surface area contributed by atoms with E-state index >= 15 is 0 Å². The van der Waals surface area contributed by atoms with Crippen LogP contribution in [0, 0.1) is 0 Å². The molecule has 1 atom stereocenters. The largest absolute Gasteiger partial charge is 0.494 e. The van der Waals surface area contributed by atoms with Crippen LogP contribution in [0.3, 0.4) is 0 Å². The van der Waals surface area contributed by atoms with E-state index in [2.05, 4.69) is 11.4 Å². The molecular formula is C23H35BN2O5. The molecule has 7 nitrogen and oxygen atoms in total. The van der Waals surface area contributed by atoms with Crippen molar-refractivity contribution >= 4 is 24.4 Å². The van der Waals surface area contributed by atoms with Gasteiger partial charge in [0.25, 0.3) is 0 Å². The molecule has 170 valence electrons. The number of rotatable bonds is 1. The third-order valence-electron chi connectivity index (χ3n) is 7.23. The highest BCUT2D eigenvalue weighted by molar-refractivity contribution is 6.62. The van der Waals surface area contributed by atoms with Gasteiger partial charge >= 0.3 is 13.2 Å². The smallest absolute Gasteiger partial charge is 0.444 e. The van der Waals surface area contributed by atoms with Gasteiger partial charge in [0.05, 0.1) is 11.2 Å². The number of benzene rings is 1. The van der Waals surface area contributed by atoms with E-state index in [0.717, 1.165) is 16.7 Å². The summed E-state index contributed by atoms with van der Waals surface area (Å²) < 4.78 is 18.0. The Morgan fingerprint density at radius 2 is 1.74 bits per heavy atom. The molecule has 3 aliphatic heterocycles. The average Bonchev–Trinajstić information content (AvgIpc) is 3.03. The first kappa shape index (κ1) is 22.4.